The Morgan fingerprint density at radius 1 is 0.886 bits per heavy atom. The third-order valence-electron chi connectivity index (χ3n) is 6.22. The van der Waals surface area contributed by atoms with Gasteiger partial charge in [-0.05, 0) is 65.9 Å². The van der Waals surface area contributed by atoms with E-state index in [1.807, 2.05) is 43.5 Å². The molecule has 2 aromatic carbocycles. The summed E-state index contributed by atoms with van der Waals surface area (Å²) < 4.78 is 2.13. The van der Waals surface area contributed by atoms with E-state index in [0.717, 1.165) is 44.8 Å². The molecule has 6 rings (SSSR count). The zero-order valence-electron chi connectivity index (χ0n) is 19.4. The van der Waals surface area contributed by atoms with E-state index in [9.17, 15) is 0 Å². The maximum Gasteiger partial charge on any atom is 0.0973 e. The lowest BCUT2D eigenvalue weighted by Gasteiger charge is -2.20. The fourth-order valence-corrected chi connectivity index (χ4v) is 4.41. The van der Waals surface area contributed by atoms with E-state index >= 15 is 0 Å². The summed E-state index contributed by atoms with van der Waals surface area (Å²) >= 11 is 0. The molecule has 0 saturated heterocycles. The van der Waals surface area contributed by atoms with Crippen LogP contribution in [0, 0.1) is 6.92 Å². The zero-order valence-corrected chi connectivity index (χ0v) is 19.4. The summed E-state index contributed by atoms with van der Waals surface area (Å²) in [6.07, 6.45) is 9.15. The minimum absolute atomic E-state index is 0.228. The number of aryl methyl sites for hydroxylation is 2. The largest absolute Gasteiger partial charge is 0.373 e. The topological polar surface area (TPSA) is 81.4 Å². The Hall–Kier alpha value is -4.65. The van der Waals surface area contributed by atoms with Gasteiger partial charge in [-0.25, -0.2) is 0 Å². The second-order valence-corrected chi connectivity index (χ2v) is 8.61. The number of benzene rings is 2. The van der Waals surface area contributed by atoms with Gasteiger partial charge in [-0.2, -0.15) is 10.2 Å². The van der Waals surface area contributed by atoms with E-state index in [-0.39, 0.29) is 6.04 Å². The number of nitrogens with one attached hydrogen (secondary N) is 1. The molecule has 0 bridgehead atoms. The Labute approximate surface area is 202 Å². The first-order valence-electron chi connectivity index (χ1n) is 11.4. The molecular weight excluding hydrogens is 434 g/mol. The lowest BCUT2D eigenvalue weighted by atomic mass is 10.00. The molecule has 0 aliphatic heterocycles. The van der Waals surface area contributed by atoms with Gasteiger partial charge in [0.05, 0.1) is 28.5 Å². The Balaban J connectivity index is 1.49. The molecule has 7 nitrogen and oxygen atoms in total. The van der Waals surface area contributed by atoms with Gasteiger partial charge < -0.3 is 9.88 Å². The van der Waals surface area contributed by atoms with Crippen LogP contribution in [-0.4, -0.2) is 29.7 Å². The summed E-state index contributed by atoms with van der Waals surface area (Å²) in [6.45, 7) is 1.93. The Morgan fingerprint density at radius 3 is 2.63 bits per heavy atom. The average Bonchev–Trinajstić information content (AvgIpc) is 3.28. The number of nitrogens with zero attached hydrogens (tertiary/aromatic N) is 6. The molecule has 0 aliphatic carbocycles. The Bertz CT molecular complexity index is 1640. The molecule has 35 heavy (non-hydrogen) atoms. The summed E-state index contributed by atoms with van der Waals surface area (Å²) in [5.74, 6) is 0. The molecule has 1 atom stereocenters. The lowest BCUT2D eigenvalue weighted by Crippen LogP contribution is -2.15. The fraction of sp³-hybridized carbons (Fsp3) is 0.107. The highest BCUT2D eigenvalue weighted by Crippen LogP contribution is 2.34. The standard InChI is InChI=1S/C28H23N7/c1-18-5-8-24(34-33-18)27(21-4-3-10-29-17-21)32-22-15-23(28-25(16-22)30-11-12-31-28)20-7-6-19-9-13-35(2)26(19)14-20/h3-17,27,32H,1-2H3/t27-/m0/s1. The van der Waals surface area contributed by atoms with Gasteiger partial charge in [0.25, 0.3) is 0 Å². The van der Waals surface area contributed by atoms with Crippen molar-refractivity contribution in [2.75, 3.05) is 5.32 Å². The molecule has 0 radical (unpaired) electrons. The van der Waals surface area contributed by atoms with E-state index in [2.05, 4.69) is 78.6 Å². The smallest absolute Gasteiger partial charge is 0.0973 e. The zero-order chi connectivity index (χ0) is 23.8. The van der Waals surface area contributed by atoms with Crippen LogP contribution in [0.1, 0.15) is 23.0 Å². The number of aromatic nitrogens is 6. The van der Waals surface area contributed by atoms with Crippen molar-refractivity contribution in [3.05, 3.63) is 109 Å². The predicted molar refractivity (Wildman–Crippen MR) is 138 cm³/mol. The van der Waals surface area contributed by atoms with Gasteiger partial charge in [0.2, 0.25) is 0 Å². The first kappa shape index (κ1) is 20.9. The molecule has 0 saturated carbocycles. The number of pyridine rings is 1. The van der Waals surface area contributed by atoms with Gasteiger partial charge in [0.15, 0.2) is 0 Å². The molecule has 0 spiro atoms. The lowest BCUT2D eigenvalue weighted by molar-refractivity contribution is 0.818. The number of rotatable bonds is 5. The average molecular weight is 458 g/mol. The number of hydrogen-bond donors (Lipinski definition) is 1. The molecule has 4 heterocycles. The third kappa shape index (κ3) is 3.97. The second-order valence-electron chi connectivity index (χ2n) is 8.61. The Kier molecular flexibility index (Phi) is 5.15. The molecule has 4 aromatic heterocycles. The molecule has 0 fully saturated rings. The minimum Gasteiger partial charge on any atom is -0.373 e. The van der Waals surface area contributed by atoms with Crippen molar-refractivity contribution in [1.29, 1.82) is 0 Å². The summed E-state index contributed by atoms with van der Waals surface area (Å²) in [6, 6.07) is 20.5. The third-order valence-corrected chi connectivity index (χ3v) is 6.22. The van der Waals surface area contributed by atoms with Gasteiger partial charge in [-0.15, -0.1) is 0 Å². The summed E-state index contributed by atoms with van der Waals surface area (Å²) in [4.78, 5) is 13.6. The van der Waals surface area contributed by atoms with E-state index in [1.165, 1.54) is 10.9 Å². The van der Waals surface area contributed by atoms with Crippen LogP contribution in [0.2, 0.25) is 0 Å². The van der Waals surface area contributed by atoms with Crippen molar-refractivity contribution in [3.8, 4) is 11.1 Å². The van der Waals surface area contributed by atoms with Gasteiger partial charge in [0, 0.05) is 54.8 Å². The molecule has 170 valence electrons. The highest BCUT2D eigenvalue weighted by atomic mass is 15.1. The van der Waals surface area contributed by atoms with Crippen molar-refractivity contribution in [2.24, 2.45) is 7.05 Å². The van der Waals surface area contributed by atoms with E-state index in [4.69, 9.17) is 0 Å². The first-order valence-corrected chi connectivity index (χ1v) is 11.4. The number of anilines is 1. The van der Waals surface area contributed by atoms with Crippen LogP contribution in [0.4, 0.5) is 5.69 Å². The van der Waals surface area contributed by atoms with Crippen molar-refractivity contribution >= 4 is 27.6 Å². The molecule has 0 amide bonds. The highest BCUT2D eigenvalue weighted by molar-refractivity contribution is 5.97. The SMILES string of the molecule is Cc1ccc([C@@H](Nc2cc(-c3ccc4ccn(C)c4c3)c3nccnc3c2)c2cccnc2)nn1. The van der Waals surface area contributed by atoms with Crippen molar-refractivity contribution in [3.63, 3.8) is 0 Å². The van der Waals surface area contributed by atoms with Crippen LogP contribution in [0.15, 0.2) is 91.6 Å². The number of hydrogen-bond acceptors (Lipinski definition) is 6. The number of fused-ring (bicyclic) bond motifs is 2. The molecule has 6 aromatic rings. The van der Waals surface area contributed by atoms with E-state index < -0.39 is 0 Å². The molecular formula is C28H23N7. The second kappa shape index (κ2) is 8.61. The van der Waals surface area contributed by atoms with Crippen LogP contribution in [0.5, 0.6) is 0 Å². The predicted octanol–water partition coefficient (Wildman–Crippen LogP) is 5.48. The van der Waals surface area contributed by atoms with Gasteiger partial charge in [-0.1, -0.05) is 18.2 Å². The van der Waals surface area contributed by atoms with Gasteiger partial charge in [-0.3, -0.25) is 15.0 Å². The summed E-state index contributed by atoms with van der Waals surface area (Å²) in [5.41, 5.74) is 8.54. The maximum atomic E-state index is 4.66. The fourth-order valence-electron chi connectivity index (χ4n) is 4.41. The van der Waals surface area contributed by atoms with E-state index in [1.54, 1.807) is 18.6 Å². The maximum absolute atomic E-state index is 4.66. The molecule has 0 aliphatic rings. The highest BCUT2D eigenvalue weighted by Gasteiger charge is 2.18. The van der Waals surface area contributed by atoms with Crippen molar-refractivity contribution < 1.29 is 0 Å². The quantitative estimate of drug-likeness (QED) is 0.369. The van der Waals surface area contributed by atoms with Gasteiger partial charge in [0.1, 0.15) is 0 Å². The summed E-state index contributed by atoms with van der Waals surface area (Å²) in [5, 5.41) is 13.6. The van der Waals surface area contributed by atoms with Crippen LogP contribution < -0.4 is 5.32 Å². The normalized spacial score (nSPS) is 12.2. The van der Waals surface area contributed by atoms with Gasteiger partial charge >= 0.3 is 0 Å². The minimum atomic E-state index is -0.228. The van der Waals surface area contributed by atoms with E-state index in [0.29, 0.717) is 0 Å². The Morgan fingerprint density at radius 2 is 1.80 bits per heavy atom. The molecule has 0 unspecified atom stereocenters. The molecule has 7 heteroatoms. The first-order chi connectivity index (χ1) is 17.2. The monoisotopic (exact) mass is 457 g/mol. The van der Waals surface area contributed by atoms with Crippen LogP contribution in [0.3, 0.4) is 0 Å². The molecule has 1 N–H and O–H groups in total. The van der Waals surface area contributed by atoms with Crippen LogP contribution >= 0.6 is 0 Å². The van der Waals surface area contributed by atoms with Crippen LogP contribution in [0.25, 0.3) is 33.1 Å². The van der Waals surface area contributed by atoms with Crippen LogP contribution in [-0.2, 0) is 7.05 Å². The summed E-state index contributed by atoms with van der Waals surface area (Å²) in [7, 11) is 2.06. The van der Waals surface area contributed by atoms with Crippen molar-refractivity contribution in [1.82, 2.24) is 29.7 Å². The van der Waals surface area contributed by atoms with Crippen molar-refractivity contribution in [2.45, 2.75) is 13.0 Å².